The smallest absolute Gasteiger partial charge is 0.322 e. The first kappa shape index (κ1) is 12.5. The predicted molar refractivity (Wildman–Crippen MR) is 78.1 cm³/mol. The van der Waals surface area contributed by atoms with Crippen LogP contribution in [0.25, 0.3) is 0 Å². The Morgan fingerprint density at radius 1 is 1.10 bits per heavy atom. The van der Waals surface area contributed by atoms with Crippen LogP contribution in [0.15, 0.2) is 48.5 Å². The van der Waals surface area contributed by atoms with E-state index in [2.05, 4.69) is 5.32 Å². The highest BCUT2D eigenvalue weighted by atomic mass is 16.5. The Hall–Kier alpha value is -2.49. The summed E-state index contributed by atoms with van der Waals surface area (Å²) in [6.07, 6.45) is 0. The van der Waals surface area contributed by atoms with Gasteiger partial charge in [-0.15, -0.1) is 0 Å². The fraction of sp³-hybridized carbons (Fsp3) is 0.188. The van der Waals surface area contributed by atoms with E-state index in [1.54, 1.807) is 19.1 Å². The van der Waals surface area contributed by atoms with Crippen molar-refractivity contribution in [2.75, 3.05) is 19.5 Å². The molecule has 0 fully saturated rings. The third-order valence-electron chi connectivity index (χ3n) is 3.62. The number of nitrogens with zero attached hydrogens (tertiary/aromatic N) is 1. The fourth-order valence-corrected chi connectivity index (χ4v) is 2.65. The maximum atomic E-state index is 12.1. The first-order valence-electron chi connectivity index (χ1n) is 6.48. The van der Waals surface area contributed by atoms with Gasteiger partial charge in [0.1, 0.15) is 5.75 Å². The number of nitrogens with one attached hydrogen (secondary N) is 1. The number of carbonyl (C=O) groups is 1. The van der Waals surface area contributed by atoms with Gasteiger partial charge >= 0.3 is 6.03 Å². The average molecular weight is 268 g/mol. The quantitative estimate of drug-likeness (QED) is 0.908. The van der Waals surface area contributed by atoms with Crippen LogP contribution < -0.4 is 10.1 Å². The van der Waals surface area contributed by atoms with Crippen molar-refractivity contribution in [3.05, 3.63) is 59.7 Å². The van der Waals surface area contributed by atoms with E-state index in [4.69, 9.17) is 4.74 Å². The van der Waals surface area contributed by atoms with Gasteiger partial charge in [-0.2, -0.15) is 0 Å². The summed E-state index contributed by atoms with van der Waals surface area (Å²) < 4.78 is 5.47. The van der Waals surface area contributed by atoms with Crippen molar-refractivity contribution < 1.29 is 9.53 Å². The van der Waals surface area contributed by atoms with Crippen LogP contribution in [0.4, 0.5) is 10.5 Å². The van der Waals surface area contributed by atoms with Gasteiger partial charge in [0.05, 0.1) is 18.8 Å². The summed E-state index contributed by atoms with van der Waals surface area (Å²) in [4.78, 5) is 13.8. The number of benzene rings is 2. The molecule has 1 heterocycles. The van der Waals surface area contributed by atoms with Crippen molar-refractivity contribution in [3.63, 3.8) is 0 Å². The van der Waals surface area contributed by atoms with Crippen molar-refractivity contribution in [3.8, 4) is 5.75 Å². The van der Waals surface area contributed by atoms with Gasteiger partial charge < -0.3 is 15.0 Å². The lowest BCUT2D eigenvalue weighted by molar-refractivity contribution is 0.208. The summed E-state index contributed by atoms with van der Waals surface area (Å²) in [5, 5.41) is 2.89. The second kappa shape index (κ2) is 4.89. The molecule has 1 aliphatic rings. The zero-order chi connectivity index (χ0) is 14.1. The number of methoxy groups -OCH3 is 1. The van der Waals surface area contributed by atoms with Gasteiger partial charge in [-0.3, -0.25) is 0 Å². The second-order valence-corrected chi connectivity index (χ2v) is 4.78. The first-order chi connectivity index (χ1) is 9.72. The fourth-order valence-electron chi connectivity index (χ4n) is 2.65. The van der Waals surface area contributed by atoms with Crippen molar-refractivity contribution in [2.24, 2.45) is 0 Å². The van der Waals surface area contributed by atoms with Crippen molar-refractivity contribution in [1.82, 2.24) is 4.90 Å². The topological polar surface area (TPSA) is 41.6 Å². The highest BCUT2D eigenvalue weighted by Gasteiger charge is 2.33. The minimum Gasteiger partial charge on any atom is -0.496 e. The summed E-state index contributed by atoms with van der Waals surface area (Å²) >= 11 is 0. The van der Waals surface area contributed by atoms with Gasteiger partial charge in [-0.25, -0.2) is 4.79 Å². The Morgan fingerprint density at radius 2 is 1.85 bits per heavy atom. The van der Waals surface area contributed by atoms with Crippen molar-refractivity contribution in [1.29, 1.82) is 0 Å². The lowest BCUT2D eigenvalue weighted by Crippen LogP contribution is -2.40. The van der Waals surface area contributed by atoms with E-state index in [9.17, 15) is 4.79 Å². The molecule has 2 aromatic rings. The predicted octanol–water partition coefficient (Wildman–Crippen LogP) is 3.26. The Bertz CT molecular complexity index is 640. The van der Waals surface area contributed by atoms with Crippen molar-refractivity contribution >= 4 is 11.7 Å². The minimum absolute atomic E-state index is 0.111. The molecule has 2 amide bonds. The summed E-state index contributed by atoms with van der Waals surface area (Å²) in [6, 6.07) is 15.4. The number of urea groups is 1. The van der Waals surface area contributed by atoms with Gasteiger partial charge in [0.15, 0.2) is 0 Å². The molecule has 0 aromatic heterocycles. The lowest BCUT2D eigenvalue weighted by Gasteiger charge is -2.36. The van der Waals surface area contributed by atoms with Crippen LogP contribution in [0.5, 0.6) is 5.75 Å². The summed E-state index contributed by atoms with van der Waals surface area (Å²) in [6.45, 7) is 0. The van der Waals surface area contributed by atoms with Gasteiger partial charge in [-0.1, -0.05) is 36.4 Å². The molecule has 20 heavy (non-hydrogen) atoms. The molecule has 3 rings (SSSR count). The molecule has 1 unspecified atom stereocenters. The van der Waals surface area contributed by atoms with E-state index < -0.39 is 0 Å². The lowest BCUT2D eigenvalue weighted by atomic mass is 9.93. The number of hydrogen-bond acceptors (Lipinski definition) is 2. The Labute approximate surface area is 118 Å². The number of ether oxygens (including phenoxy) is 1. The van der Waals surface area contributed by atoms with Gasteiger partial charge in [0.25, 0.3) is 0 Å². The van der Waals surface area contributed by atoms with Crippen molar-refractivity contribution in [2.45, 2.75) is 6.04 Å². The van der Waals surface area contributed by atoms with Crippen LogP contribution >= 0.6 is 0 Å². The summed E-state index contributed by atoms with van der Waals surface area (Å²) in [5.74, 6) is 0.781. The molecule has 1 atom stereocenters. The Kier molecular flexibility index (Phi) is 3.06. The van der Waals surface area contributed by atoms with Crippen LogP contribution in [0.2, 0.25) is 0 Å². The van der Waals surface area contributed by atoms with Gasteiger partial charge in [0, 0.05) is 12.6 Å². The van der Waals surface area contributed by atoms with Crippen LogP contribution in [-0.4, -0.2) is 25.1 Å². The molecule has 4 heteroatoms. The monoisotopic (exact) mass is 268 g/mol. The number of rotatable bonds is 2. The molecule has 0 saturated heterocycles. The second-order valence-electron chi connectivity index (χ2n) is 4.78. The van der Waals surface area contributed by atoms with E-state index in [0.717, 1.165) is 22.6 Å². The molecule has 0 saturated carbocycles. The van der Waals surface area contributed by atoms with Crippen LogP contribution in [0.3, 0.4) is 0 Å². The zero-order valence-corrected chi connectivity index (χ0v) is 11.5. The molecule has 0 spiro atoms. The molecule has 0 radical (unpaired) electrons. The van der Waals surface area contributed by atoms with Crippen LogP contribution in [-0.2, 0) is 0 Å². The molecule has 0 bridgehead atoms. The van der Waals surface area contributed by atoms with Crippen LogP contribution in [0, 0.1) is 0 Å². The maximum Gasteiger partial charge on any atom is 0.322 e. The van der Waals surface area contributed by atoms with E-state index in [0.29, 0.717) is 0 Å². The third-order valence-corrected chi connectivity index (χ3v) is 3.62. The van der Waals surface area contributed by atoms with E-state index in [1.165, 1.54) is 0 Å². The molecule has 102 valence electrons. The Balaban J connectivity index is 2.21. The molecule has 4 nitrogen and oxygen atoms in total. The molecule has 1 N–H and O–H groups in total. The SMILES string of the molecule is COc1cccc2c1C(c1ccccc1)N(C)C(=O)N2. The number of hydrogen-bond donors (Lipinski definition) is 1. The van der Waals surface area contributed by atoms with E-state index in [1.807, 2.05) is 48.5 Å². The number of anilines is 1. The molecule has 0 aliphatic carbocycles. The molecular formula is C16H16N2O2. The molecule has 2 aromatic carbocycles. The average Bonchev–Trinajstić information content (AvgIpc) is 2.49. The summed E-state index contributed by atoms with van der Waals surface area (Å²) in [5.41, 5.74) is 2.86. The minimum atomic E-state index is -0.143. The number of amides is 2. The van der Waals surface area contributed by atoms with E-state index in [-0.39, 0.29) is 12.1 Å². The number of carbonyl (C=O) groups excluding carboxylic acids is 1. The maximum absolute atomic E-state index is 12.1. The molecular weight excluding hydrogens is 252 g/mol. The highest BCUT2D eigenvalue weighted by Crippen LogP contribution is 2.41. The van der Waals surface area contributed by atoms with Crippen LogP contribution in [0.1, 0.15) is 17.2 Å². The zero-order valence-electron chi connectivity index (χ0n) is 11.5. The largest absolute Gasteiger partial charge is 0.496 e. The molecule has 1 aliphatic heterocycles. The normalized spacial score (nSPS) is 17.4. The summed E-state index contributed by atoms with van der Waals surface area (Å²) in [7, 11) is 3.44. The first-order valence-corrected chi connectivity index (χ1v) is 6.48. The van der Waals surface area contributed by atoms with Gasteiger partial charge in [0.2, 0.25) is 0 Å². The Morgan fingerprint density at radius 3 is 2.55 bits per heavy atom. The third kappa shape index (κ3) is 1.90. The van der Waals surface area contributed by atoms with Gasteiger partial charge in [-0.05, 0) is 17.7 Å². The number of fused-ring (bicyclic) bond motifs is 1. The van der Waals surface area contributed by atoms with E-state index >= 15 is 0 Å². The highest BCUT2D eigenvalue weighted by molar-refractivity contribution is 5.94. The standard InChI is InChI=1S/C16H16N2O2/c1-18-15(11-7-4-3-5-8-11)14-12(17-16(18)19)9-6-10-13(14)20-2/h3-10,15H,1-2H3,(H,17,19).